The van der Waals surface area contributed by atoms with Crippen molar-refractivity contribution in [2.45, 2.75) is 52.7 Å². The van der Waals surface area contributed by atoms with Crippen molar-refractivity contribution in [3.8, 4) is 5.75 Å². The molecular formula is C18H27NO2. The molecule has 0 fully saturated rings. The van der Waals surface area contributed by atoms with E-state index in [4.69, 9.17) is 9.47 Å². The normalized spacial score (nSPS) is 18.2. The Morgan fingerprint density at radius 2 is 1.76 bits per heavy atom. The molecule has 1 aromatic rings. The molecule has 1 heterocycles. The van der Waals surface area contributed by atoms with Gasteiger partial charge in [-0.2, -0.15) is 0 Å². The van der Waals surface area contributed by atoms with E-state index in [1.165, 1.54) is 5.56 Å². The molecule has 116 valence electrons. The molecule has 0 amide bonds. The molecule has 0 spiro atoms. The Balaban J connectivity index is 1.94. The van der Waals surface area contributed by atoms with Gasteiger partial charge in [0.05, 0.1) is 0 Å². The Morgan fingerprint density at radius 3 is 2.29 bits per heavy atom. The molecule has 1 unspecified atom stereocenters. The van der Waals surface area contributed by atoms with E-state index < -0.39 is 0 Å². The molecule has 1 N–H and O–H groups in total. The first-order valence-electron chi connectivity index (χ1n) is 7.56. The fourth-order valence-corrected chi connectivity index (χ4v) is 3.01. The molecule has 0 radical (unpaired) electrons. The lowest BCUT2D eigenvalue weighted by atomic mass is 9.72. The van der Waals surface area contributed by atoms with Gasteiger partial charge in [0.2, 0.25) is 6.23 Å². The van der Waals surface area contributed by atoms with Crippen LogP contribution < -0.4 is 10.1 Å². The number of hydrogen-bond acceptors (Lipinski definition) is 3. The maximum atomic E-state index is 5.73. The molecule has 0 aliphatic carbocycles. The first-order valence-corrected chi connectivity index (χ1v) is 7.56. The summed E-state index contributed by atoms with van der Waals surface area (Å²) in [5.74, 6) is 0.877. The van der Waals surface area contributed by atoms with Gasteiger partial charge < -0.3 is 14.8 Å². The zero-order valence-electron chi connectivity index (χ0n) is 13.8. The van der Waals surface area contributed by atoms with E-state index >= 15 is 0 Å². The average Bonchev–Trinajstić information content (AvgIpc) is 2.87. The second-order valence-corrected chi connectivity index (χ2v) is 7.55. The summed E-state index contributed by atoms with van der Waals surface area (Å²) in [6.45, 7) is 12.0. The van der Waals surface area contributed by atoms with E-state index in [1.807, 2.05) is 12.1 Å². The summed E-state index contributed by atoms with van der Waals surface area (Å²) in [4.78, 5) is 0. The van der Waals surface area contributed by atoms with E-state index in [2.05, 4.69) is 52.1 Å². The highest BCUT2D eigenvalue weighted by molar-refractivity contribution is 5.31. The zero-order chi connectivity index (χ0) is 15.5. The van der Waals surface area contributed by atoms with Crippen LogP contribution in [0.4, 0.5) is 0 Å². The summed E-state index contributed by atoms with van der Waals surface area (Å²) in [5.41, 5.74) is 1.83. The van der Waals surface area contributed by atoms with Crippen molar-refractivity contribution < 1.29 is 9.47 Å². The second kappa shape index (κ2) is 6.00. The zero-order valence-corrected chi connectivity index (χ0v) is 13.8. The molecule has 21 heavy (non-hydrogen) atoms. The molecule has 3 nitrogen and oxygen atoms in total. The van der Waals surface area contributed by atoms with Crippen molar-refractivity contribution >= 4 is 0 Å². The van der Waals surface area contributed by atoms with Gasteiger partial charge in [-0.25, -0.2) is 0 Å². The minimum Gasteiger partial charge on any atom is -0.488 e. The molecule has 1 aliphatic rings. The summed E-state index contributed by atoms with van der Waals surface area (Å²) >= 11 is 0. The molecule has 1 aliphatic heterocycles. The van der Waals surface area contributed by atoms with E-state index in [0.717, 1.165) is 12.2 Å². The van der Waals surface area contributed by atoms with Crippen LogP contribution in [0.25, 0.3) is 0 Å². The van der Waals surface area contributed by atoms with Crippen LogP contribution in [0.2, 0.25) is 0 Å². The minimum atomic E-state index is -0.0815. The Kier molecular flexibility index (Phi) is 4.50. The Hall–Kier alpha value is -1.64. The third-order valence-corrected chi connectivity index (χ3v) is 3.60. The molecule has 0 aromatic heterocycles. The van der Waals surface area contributed by atoms with Crippen LogP contribution in [-0.4, -0.2) is 12.8 Å². The third kappa shape index (κ3) is 4.69. The maximum absolute atomic E-state index is 5.73. The van der Waals surface area contributed by atoms with E-state index in [9.17, 15) is 0 Å². The molecule has 0 saturated carbocycles. The quantitative estimate of drug-likeness (QED) is 0.881. The van der Waals surface area contributed by atoms with Gasteiger partial charge in [0.1, 0.15) is 18.6 Å². The number of ether oxygens (including phenoxy) is 2. The van der Waals surface area contributed by atoms with Gasteiger partial charge >= 0.3 is 0 Å². The van der Waals surface area contributed by atoms with E-state index in [-0.39, 0.29) is 11.6 Å². The first kappa shape index (κ1) is 15.7. The van der Waals surface area contributed by atoms with Crippen LogP contribution in [0.1, 0.15) is 46.6 Å². The van der Waals surface area contributed by atoms with Gasteiger partial charge in [-0.3, -0.25) is 0 Å². The smallest absolute Gasteiger partial charge is 0.203 e. The molecule has 2 rings (SSSR count). The highest BCUT2D eigenvalue weighted by Gasteiger charge is 2.27. The molecular weight excluding hydrogens is 262 g/mol. The predicted molar refractivity (Wildman–Crippen MR) is 86.2 cm³/mol. The van der Waals surface area contributed by atoms with Crippen molar-refractivity contribution in [3.63, 3.8) is 0 Å². The van der Waals surface area contributed by atoms with Crippen molar-refractivity contribution in [2.75, 3.05) is 6.61 Å². The van der Waals surface area contributed by atoms with Crippen molar-refractivity contribution in [3.05, 3.63) is 42.3 Å². The molecule has 0 saturated heterocycles. The summed E-state index contributed by atoms with van der Waals surface area (Å²) in [5, 5.41) is 3.06. The second-order valence-electron chi connectivity index (χ2n) is 7.55. The highest BCUT2D eigenvalue weighted by Crippen LogP contribution is 2.36. The number of rotatable bonds is 5. The van der Waals surface area contributed by atoms with Gasteiger partial charge in [0, 0.05) is 6.20 Å². The molecule has 3 heteroatoms. The van der Waals surface area contributed by atoms with Crippen LogP contribution in [0.15, 0.2) is 36.7 Å². The standard InChI is InChI=1S/C18H27NO2/c1-17(2,3)13-18(4,5)14-6-8-15(9-7-14)21-12-16-19-10-11-20-16/h6-11,16,19H,12-13H2,1-5H3. The lowest BCUT2D eigenvalue weighted by molar-refractivity contribution is 0.0929. The van der Waals surface area contributed by atoms with Crippen molar-refractivity contribution in [1.29, 1.82) is 0 Å². The van der Waals surface area contributed by atoms with Crippen LogP contribution in [0.5, 0.6) is 5.75 Å². The summed E-state index contributed by atoms with van der Waals surface area (Å²) in [6.07, 6.45) is 4.49. The third-order valence-electron chi connectivity index (χ3n) is 3.60. The lowest BCUT2D eigenvalue weighted by Gasteiger charge is -2.33. The monoisotopic (exact) mass is 289 g/mol. The largest absolute Gasteiger partial charge is 0.488 e. The summed E-state index contributed by atoms with van der Waals surface area (Å²) < 4.78 is 11.0. The Morgan fingerprint density at radius 1 is 1.10 bits per heavy atom. The fraction of sp³-hybridized carbons (Fsp3) is 0.556. The number of benzene rings is 1. The van der Waals surface area contributed by atoms with Gasteiger partial charge in [0.25, 0.3) is 0 Å². The fourth-order valence-electron chi connectivity index (χ4n) is 3.01. The van der Waals surface area contributed by atoms with E-state index in [0.29, 0.717) is 12.0 Å². The molecule has 0 bridgehead atoms. The minimum absolute atomic E-state index is 0.0815. The molecule has 1 atom stereocenters. The van der Waals surface area contributed by atoms with Gasteiger partial charge in [-0.15, -0.1) is 0 Å². The summed E-state index contributed by atoms with van der Waals surface area (Å²) in [6, 6.07) is 8.43. The highest BCUT2D eigenvalue weighted by atomic mass is 16.5. The maximum Gasteiger partial charge on any atom is 0.203 e. The van der Waals surface area contributed by atoms with Gasteiger partial charge in [0.15, 0.2) is 0 Å². The first-order chi connectivity index (χ1) is 9.76. The van der Waals surface area contributed by atoms with Crippen LogP contribution in [-0.2, 0) is 10.2 Å². The predicted octanol–water partition coefficient (Wildman–Crippen LogP) is 4.20. The Labute approximate surface area is 128 Å². The topological polar surface area (TPSA) is 30.5 Å². The Bertz CT molecular complexity index is 475. The number of nitrogens with one attached hydrogen (secondary N) is 1. The van der Waals surface area contributed by atoms with Crippen molar-refractivity contribution in [2.24, 2.45) is 5.41 Å². The van der Waals surface area contributed by atoms with Gasteiger partial charge in [-0.05, 0) is 34.9 Å². The SMILES string of the molecule is CC(C)(C)CC(C)(C)c1ccc(OCC2NC=CO2)cc1. The lowest BCUT2D eigenvalue weighted by Crippen LogP contribution is -2.28. The van der Waals surface area contributed by atoms with Crippen LogP contribution in [0.3, 0.4) is 0 Å². The average molecular weight is 289 g/mol. The number of hydrogen-bond donors (Lipinski definition) is 1. The van der Waals surface area contributed by atoms with Gasteiger partial charge in [-0.1, -0.05) is 46.8 Å². The van der Waals surface area contributed by atoms with Crippen LogP contribution >= 0.6 is 0 Å². The molecule has 1 aromatic carbocycles. The van der Waals surface area contributed by atoms with E-state index in [1.54, 1.807) is 12.5 Å². The summed E-state index contributed by atoms with van der Waals surface area (Å²) in [7, 11) is 0. The van der Waals surface area contributed by atoms with Crippen molar-refractivity contribution in [1.82, 2.24) is 5.32 Å². The van der Waals surface area contributed by atoms with Crippen LogP contribution in [0, 0.1) is 5.41 Å².